The van der Waals surface area contributed by atoms with Crippen LogP contribution in [-0.2, 0) is 0 Å². The highest BCUT2D eigenvalue weighted by atomic mass is 79.9. The number of rotatable bonds is 5. The van der Waals surface area contributed by atoms with Crippen molar-refractivity contribution in [1.29, 1.82) is 0 Å². The lowest BCUT2D eigenvalue weighted by atomic mass is 10.3. The number of halogens is 2. The fraction of sp³-hybridized carbons (Fsp3) is 0.143. The first kappa shape index (κ1) is 14.2. The van der Waals surface area contributed by atoms with Gasteiger partial charge in [-0.2, -0.15) is 0 Å². The number of anilines is 1. The zero-order valence-corrected chi connectivity index (χ0v) is 13.3. The lowest BCUT2D eigenvalue weighted by Gasteiger charge is -2.10. The minimum atomic E-state index is 0.456. The molecular formula is C14H13Br2NO2. The second-order valence-electron chi connectivity index (χ2n) is 3.81. The van der Waals surface area contributed by atoms with Gasteiger partial charge in [-0.3, -0.25) is 0 Å². The van der Waals surface area contributed by atoms with Gasteiger partial charge < -0.3 is 15.2 Å². The summed E-state index contributed by atoms with van der Waals surface area (Å²) in [5, 5.41) is 0. The van der Waals surface area contributed by atoms with Crippen LogP contribution in [0.25, 0.3) is 0 Å². The van der Waals surface area contributed by atoms with E-state index in [0.29, 0.717) is 18.9 Å². The van der Waals surface area contributed by atoms with E-state index in [1.54, 1.807) is 0 Å². The first-order chi connectivity index (χ1) is 9.16. The van der Waals surface area contributed by atoms with Gasteiger partial charge in [0.15, 0.2) is 0 Å². The molecule has 100 valence electrons. The van der Waals surface area contributed by atoms with Crippen LogP contribution in [-0.4, -0.2) is 13.2 Å². The van der Waals surface area contributed by atoms with Gasteiger partial charge in [-0.1, -0.05) is 22.0 Å². The summed E-state index contributed by atoms with van der Waals surface area (Å²) in [5.41, 5.74) is 6.43. The van der Waals surface area contributed by atoms with Gasteiger partial charge >= 0.3 is 0 Å². The highest BCUT2D eigenvalue weighted by Crippen LogP contribution is 2.30. The van der Waals surface area contributed by atoms with Crippen LogP contribution in [0.4, 0.5) is 5.69 Å². The second kappa shape index (κ2) is 6.82. The molecule has 0 bridgehead atoms. The molecule has 0 saturated heterocycles. The first-order valence-electron chi connectivity index (χ1n) is 5.72. The molecule has 0 unspecified atom stereocenters. The van der Waals surface area contributed by atoms with Crippen molar-refractivity contribution in [3.63, 3.8) is 0 Å². The molecule has 0 aliphatic rings. The topological polar surface area (TPSA) is 44.5 Å². The van der Waals surface area contributed by atoms with Crippen LogP contribution in [0.5, 0.6) is 11.5 Å². The quantitative estimate of drug-likeness (QED) is 0.617. The van der Waals surface area contributed by atoms with Crippen LogP contribution in [0, 0.1) is 0 Å². The van der Waals surface area contributed by atoms with Gasteiger partial charge in [0.2, 0.25) is 0 Å². The van der Waals surface area contributed by atoms with Crippen LogP contribution in [0.1, 0.15) is 0 Å². The summed E-state index contributed by atoms with van der Waals surface area (Å²) in [5.74, 6) is 1.54. The third-order valence-corrected chi connectivity index (χ3v) is 3.79. The molecule has 2 rings (SSSR count). The van der Waals surface area contributed by atoms with Crippen LogP contribution in [0.3, 0.4) is 0 Å². The van der Waals surface area contributed by atoms with E-state index in [1.807, 2.05) is 42.5 Å². The molecule has 0 amide bonds. The van der Waals surface area contributed by atoms with Gasteiger partial charge in [-0.15, -0.1) is 0 Å². The van der Waals surface area contributed by atoms with Gasteiger partial charge in [0.25, 0.3) is 0 Å². The van der Waals surface area contributed by atoms with E-state index >= 15 is 0 Å². The average Bonchev–Trinajstić information content (AvgIpc) is 2.41. The summed E-state index contributed by atoms with van der Waals surface area (Å²) >= 11 is 6.76. The summed E-state index contributed by atoms with van der Waals surface area (Å²) in [6.45, 7) is 0.932. The maximum atomic E-state index is 5.77. The molecule has 0 spiro atoms. The minimum Gasteiger partial charge on any atom is -0.490 e. The standard InChI is InChI=1S/C14H13Br2NO2/c15-10-4-6-11(7-5-10)18-8-9-19-13-3-1-2-12(17)14(13)16/h1-7H,8-9,17H2. The minimum absolute atomic E-state index is 0.456. The molecule has 19 heavy (non-hydrogen) atoms. The lowest BCUT2D eigenvalue weighted by molar-refractivity contribution is 0.216. The Morgan fingerprint density at radius 2 is 1.58 bits per heavy atom. The molecule has 0 saturated carbocycles. The van der Waals surface area contributed by atoms with Gasteiger partial charge in [-0.25, -0.2) is 0 Å². The van der Waals surface area contributed by atoms with Crippen molar-refractivity contribution in [2.45, 2.75) is 0 Å². The van der Waals surface area contributed by atoms with E-state index in [0.717, 1.165) is 20.4 Å². The van der Waals surface area contributed by atoms with Crippen molar-refractivity contribution in [1.82, 2.24) is 0 Å². The van der Waals surface area contributed by atoms with E-state index in [-0.39, 0.29) is 0 Å². The van der Waals surface area contributed by atoms with Crippen LogP contribution in [0.2, 0.25) is 0 Å². The van der Waals surface area contributed by atoms with Crippen molar-refractivity contribution in [3.05, 3.63) is 51.4 Å². The molecule has 2 aromatic carbocycles. The summed E-state index contributed by atoms with van der Waals surface area (Å²) in [7, 11) is 0. The van der Waals surface area contributed by atoms with E-state index in [1.165, 1.54) is 0 Å². The van der Waals surface area contributed by atoms with E-state index in [2.05, 4.69) is 31.9 Å². The van der Waals surface area contributed by atoms with E-state index in [4.69, 9.17) is 15.2 Å². The van der Waals surface area contributed by atoms with Crippen molar-refractivity contribution in [2.24, 2.45) is 0 Å². The Hall–Kier alpha value is -1.20. The summed E-state index contributed by atoms with van der Waals surface area (Å²) in [4.78, 5) is 0. The SMILES string of the molecule is Nc1cccc(OCCOc2ccc(Br)cc2)c1Br. The van der Waals surface area contributed by atoms with Gasteiger partial charge in [0.05, 0.1) is 4.47 Å². The molecule has 5 heteroatoms. The predicted molar refractivity (Wildman–Crippen MR) is 83.7 cm³/mol. The maximum Gasteiger partial charge on any atom is 0.135 e. The maximum absolute atomic E-state index is 5.77. The average molecular weight is 387 g/mol. The number of nitrogens with two attached hydrogens (primary N) is 1. The molecule has 0 aliphatic heterocycles. The highest BCUT2D eigenvalue weighted by Gasteiger charge is 2.03. The van der Waals surface area contributed by atoms with Crippen LogP contribution in [0.15, 0.2) is 51.4 Å². The molecule has 0 radical (unpaired) electrons. The summed E-state index contributed by atoms with van der Waals surface area (Å²) in [6.07, 6.45) is 0. The van der Waals surface area contributed by atoms with Gasteiger partial charge in [0, 0.05) is 10.2 Å². The molecular weight excluding hydrogens is 374 g/mol. The normalized spacial score (nSPS) is 10.2. The van der Waals surface area contributed by atoms with E-state index in [9.17, 15) is 0 Å². The Morgan fingerprint density at radius 3 is 2.32 bits per heavy atom. The smallest absolute Gasteiger partial charge is 0.135 e. The third kappa shape index (κ3) is 4.14. The number of benzene rings is 2. The Bertz CT molecular complexity index is 544. The van der Waals surface area contributed by atoms with Gasteiger partial charge in [0.1, 0.15) is 24.7 Å². The van der Waals surface area contributed by atoms with Crippen molar-refractivity contribution in [3.8, 4) is 11.5 Å². The Balaban J connectivity index is 1.81. The lowest BCUT2D eigenvalue weighted by Crippen LogP contribution is -2.09. The number of ether oxygens (including phenoxy) is 2. The highest BCUT2D eigenvalue weighted by molar-refractivity contribution is 9.11. The van der Waals surface area contributed by atoms with Crippen molar-refractivity contribution < 1.29 is 9.47 Å². The Labute approximate surface area is 129 Å². The molecule has 2 aromatic rings. The Morgan fingerprint density at radius 1 is 0.895 bits per heavy atom. The zero-order valence-electron chi connectivity index (χ0n) is 10.1. The van der Waals surface area contributed by atoms with E-state index < -0.39 is 0 Å². The molecule has 0 atom stereocenters. The number of nitrogen functional groups attached to an aromatic ring is 1. The van der Waals surface area contributed by atoms with Crippen LogP contribution >= 0.6 is 31.9 Å². The summed E-state index contributed by atoms with van der Waals surface area (Å²) in [6, 6.07) is 13.2. The first-order valence-corrected chi connectivity index (χ1v) is 7.30. The van der Waals surface area contributed by atoms with Crippen molar-refractivity contribution in [2.75, 3.05) is 18.9 Å². The monoisotopic (exact) mass is 385 g/mol. The molecule has 0 aromatic heterocycles. The largest absolute Gasteiger partial charge is 0.490 e. The fourth-order valence-corrected chi connectivity index (χ4v) is 2.12. The fourth-order valence-electron chi connectivity index (χ4n) is 1.48. The summed E-state index contributed by atoms with van der Waals surface area (Å²) < 4.78 is 13.0. The number of hydrogen-bond acceptors (Lipinski definition) is 3. The second-order valence-corrected chi connectivity index (χ2v) is 5.52. The molecule has 0 aliphatic carbocycles. The van der Waals surface area contributed by atoms with Crippen LogP contribution < -0.4 is 15.2 Å². The zero-order chi connectivity index (χ0) is 13.7. The molecule has 2 N–H and O–H groups in total. The predicted octanol–water partition coefficient (Wildman–Crippen LogP) is 4.25. The van der Waals surface area contributed by atoms with Crippen molar-refractivity contribution >= 4 is 37.5 Å². The molecule has 0 heterocycles. The van der Waals surface area contributed by atoms with Gasteiger partial charge in [-0.05, 0) is 52.3 Å². The third-order valence-electron chi connectivity index (χ3n) is 2.42. The Kier molecular flexibility index (Phi) is 5.10. The molecule has 3 nitrogen and oxygen atoms in total. The number of hydrogen-bond donors (Lipinski definition) is 1. The molecule has 0 fully saturated rings.